The summed E-state index contributed by atoms with van der Waals surface area (Å²) >= 11 is 6.18. The molecule has 5 nitrogen and oxygen atoms in total. The molecule has 1 amide bonds. The van der Waals surface area contributed by atoms with Crippen molar-refractivity contribution in [1.82, 2.24) is 15.1 Å². The summed E-state index contributed by atoms with van der Waals surface area (Å²) in [5.41, 5.74) is 7.15. The van der Waals surface area contributed by atoms with Gasteiger partial charge in [0.2, 0.25) is 0 Å². The maximum Gasteiger partial charge on any atom is 0.269 e. The molecule has 2 rings (SSSR count). The van der Waals surface area contributed by atoms with Gasteiger partial charge in [-0.3, -0.25) is 4.79 Å². The Morgan fingerprint density at radius 1 is 1.50 bits per heavy atom. The first kappa shape index (κ1) is 12.6. The molecule has 0 saturated heterocycles. The van der Waals surface area contributed by atoms with Crippen molar-refractivity contribution in [2.75, 3.05) is 7.05 Å². The molecule has 3 N–H and O–H groups in total. The third-order valence-electron chi connectivity index (χ3n) is 2.48. The van der Waals surface area contributed by atoms with Crippen LogP contribution in [0.2, 0.25) is 5.02 Å². The van der Waals surface area contributed by atoms with Gasteiger partial charge >= 0.3 is 0 Å². The fourth-order valence-corrected chi connectivity index (χ4v) is 1.93. The maximum atomic E-state index is 11.0. The van der Waals surface area contributed by atoms with Crippen LogP contribution in [0.1, 0.15) is 16.1 Å². The molecule has 18 heavy (non-hydrogen) atoms. The van der Waals surface area contributed by atoms with Gasteiger partial charge in [0.25, 0.3) is 5.91 Å². The van der Waals surface area contributed by atoms with Crippen LogP contribution in [0, 0.1) is 0 Å². The van der Waals surface area contributed by atoms with E-state index in [4.69, 9.17) is 17.3 Å². The molecule has 0 aliphatic rings. The fourth-order valence-electron chi connectivity index (χ4n) is 1.64. The number of halogens is 1. The maximum absolute atomic E-state index is 11.0. The minimum Gasteiger partial charge on any atom is -0.364 e. The number of hydrogen-bond donors (Lipinski definition) is 2. The van der Waals surface area contributed by atoms with Gasteiger partial charge in [-0.25, -0.2) is 4.68 Å². The predicted molar refractivity (Wildman–Crippen MR) is 69.9 cm³/mol. The lowest BCUT2D eigenvalue weighted by Gasteiger charge is -2.07. The average molecular weight is 265 g/mol. The van der Waals surface area contributed by atoms with Crippen LogP contribution in [0.15, 0.2) is 30.5 Å². The van der Waals surface area contributed by atoms with Crippen molar-refractivity contribution in [2.45, 2.75) is 6.54 Å². The van der Waals surface area contributed by atoms with Crippen LogP contribution >= 0.6 is 11.6 Å². The molecule has 0 saturated carbocycles. The van der Waals surface area contributed by atoms with E-state index < -0.39 is 5.91 Å². The Morgan fingerprint density at radius 3 is 2.83 bits per heavy atom. The van der Waals surface area contributed by atoms with Crippen LogP contribution in [0.25, 0.3) is 5.69 Å². The summed E-state index contributed by atoms with van der Waals surface area (Å²) in [4.78, 5) is 11.0. The number of amides is 1. The van der Waals surface area contributed by atoms with Gasteiger partial charge in [-0.2, -0.15) is 5.10 Å². The van der Waals surface area contributed by atoms with Crippen LogP contribution in [0.3, 0.4) is 0 Å². The number of benzene rings is 1. The molecule has 94 valence electrons. The molecule has 0 fully saturated rings. The number of hydrogen-bond acceptors (Lipinski definition) is 3. The first-order chi connectivity index (χ1) is 8.61. The number of nitrogens with zero attached hydrogens (tertiary/aromatic N) is 2. The molecule has 0 bridgehead atoms. The van der Waals surface area contributed by atoms with Gasteiger partial charge < -0.3 is 11.1 Å². The Morgan fingerprint density at radius 2 is 2.28 bits per heavy atom. The van der Waals surface area contributed by atoms with E-state index in [1.807, 2.05) is 25.2 Å². The van der Waals surface area contributed by atoms with Crippen molar-refractivity contribution in [2.24, 2.45) is 5.73 Å². The van der Waals surface area contributed by atoms with Gasteiger partial charge in [-0.1, -0.05) is 17.7 Å². The Labute approximate surface area is 110 Å². The SMILES string of the molecule is CNCc1ccc(-n2ccc(C(N)=O)n2)c(Cl)c1. The van der Waals surface area contributed by atoms with E-state index in [0.29, 0.717) is 10.7 Å². The third kappa shape index (κ3) is 2.52. The molecular formula is C12H13ClN4O. The molecule has 0 aliphatic heterocycles. The van der Waals surface area contributed by atoms with Crippen molar-refractivity contribution in [3.8, 4) is 5.69 Å². The van der Waals surface area contributed by atoms with Gasteiger partial charge in [0.15, 0.2) is 0 Å². The van der Waals surface area contributed by atoms with Crippen LogP contribution in [0.4, 0.5) is 0 Å². The Hall–Kier alpha value is -1.85. The average Bonchev–Trinajstić information content (AvgIpc) is 2.79. The summed E-state index contributed by atoms with van der Waals surface area (Å²) in [7, 11) is 1.87. The minimum atomic E-state index is -0.559. The zero-order chi connectivity index (χ0) is 13.1. The van der Waals surface area contributed by atoms with Gasteiger partial charge in [-0.05, 0) is 30.8 Å². The van der Waals surface area contributed by atoms with Gasteiger partial charge in [0.05, 0.1) is 10.7 Å². The minimum absolute atomic E-state index is 0.213. The van der Waals surface area contributed by atoms with Crippen molar-refractivity contribution in [1.29, 1.82) is 0 Å². The van der Waals surface area contributed by atoms with Crippen LogP contribution in [-0.2, 0) is 6.54 Å². The molecule has 1 aromatic carbocycles. The molecule has 0 unspecified atom stereocenters. The van der Waals surface area contributed by atoms with E-state index in [0.717, 1.165) is 12.1 Å². The lowest BCUT2D eigenvalue weighted by atomic mass is 10.2. The van der Waals surface area contributed by atoms with E-state index in [-0.39, 0.29) is 5.69 Å². The summed E-state index contributed by atoms with van der Waals surface area (Å²) < 4.78 is 1.53. The summed E-state index contributed by atoms with van der Waals surface area (Å²) in [6, 6.07) is 7.22. The topological polar surface area (TPSA) is 72.9 Å². The summed E-state index contributed by atoms with van der Waals surface area (Å²) in [6.45, 7) is 0.742. The molecule has 1 aromatic heterocycles. The number of rotatable bonds is 4. The molecular weight excluding hydrogens is 252 g/mol. The zero-order valence-electron chi connectivity index (χ0n) is 9.85. The van der Waals surface area contributed by atoms with Crippen molar-refractivity contribution < 1.29 is 4.79 Å². The number of carbonyl (C=O) groups excluding carboxylic acids is 1. The number of carbonyl (C=O) groups is 1. The smallest absolute Gasteiger partial charge is 0.269 e. The summed E-state index contributed by atoms with van der Waals surface area (Å²) in [5, 5.41) is 7.68. The predicted octanol–water partition coefficient (Wildman–Crippen LogP) is 1.34. The van der Waals surface area contributed by atoms with Crippen LogP contribution in [-0.4, -0.2) is 22.7 Å². The van der Waals surface area contributed by atoms with Crippen molar-refractivity contribution in [3.63, 3.8) is 0 Å². The van der Waals surface area contributed by atoms with Gasteiger partial charge in [0.1, 0.15) is 5.69 Å². The highest BCUT2D eigenvalue weighted by molar-refractivity contribution is 6.32. The largest absolute Gasteiger partial charge is 0.364 e. The monoisotopic (exact) mass is 264 g/mol. The number of primary amides is 1. The highest BCUT2D eigenvalue weighted by atomic mass is 35.5. The number of aromatic nitrogens is 2. The van der Waals surface area contributed by atoms with Crippen LogP contribution in [0.5, 0.6) is 0 Å². The van der Waals surface area contributed by atoms with Gasteiger partial charge in [-0.15, -0.1) is 0 Å². The second-order valence-corrected chi connectivity index (χ2v) is 4.23. The van der Waals surface area contributed by atoms with Gasteiger partial charge in [0, 0.05) is 12.7 Å². The first-order valence-corrected chi connectivity index (χ1v) is 5.78. The third-order valence-corrected chi connectivity index (χ3v) is 2.78. The highest BCUT2D eigenvalue weighted by Crippen LogP contribution is 2.21. The Balaban J connectivity index is 2.35. The molecule has 1 heterocycles. The van der Waals surface area contributed by atoms with E-state index in [9.17, 15) is 4.79 Å². The summed E-state index contributed by atoms with van der Waals surface area (Å²) in [6.07, 6.45) is 1.65. The molecule has 2 aromatic rings. The Kier molecular flexibility index (Phi) is 3.64. The zero-order valence-corrected chi connectivity index (χ0v) is 10.6. The molecule has 0 spiro atoms. The highest BCUT2D eigenvalue weighted by Gasteiger charge is 2.08. The standard InChI is InChI=1S/C12H13ClN4O/c1-15-7-8-2-3-11(9(13)6-8)17-5-4-10(16-17)12(14)18/h2-6,15H,7H2,1H3,(H2,14,18). The van der Waals surface area contributed by atoms with Crippen molar-refractivity contribution >= 4 is 17.5 Å². The van der Waals surface area contributed by atoms with E-state index in [2.05, 4.69) is 10.4 Å². The first-order valence-electron chi connectivity index (χ1n) is 5.40. The number of nitrogens with two attached hydrogens (primary N) is 1. The van der Waals surface area contributed by atoms with Crippen LogP contribution < -0.4 is 11.1 Å². The molecule has 6 heteroatoms. The van der Waals surface area contributed by atoms with Crippen molar-refractivity contribution in [3.05, 3.63) is 46.7 Å². The number of nitrogens with one attached hydrogen (secondary N) is 1. The fraction of sp³-hybridized carbons (Fsp3) is 0.167. The second-order valence-electron chi connectivity index (χ2n) is 3.83. The molecule has 0 atom stereocenters. The van der Waals surface area contributed by atoms with E-state index in [1.54, 1.807) is 12.3 Å². The summed E-state index contributed by atoms with van der Waals surface area (Å²) in [5.74, 6) is -0.559. The Bertz CT molecular complexity index is 579. The second kappa shape index (κ2) is 5.20. The quantitative estimate of drug-likeness (QED) is 0.875. The van der Waals surface area contributed by atoms with E-state index >= 15 is 0 Å². The normalized spacial score (nSPS) is 10.6. The van der Waals surface area contributed by atoms with E-state index in [1.165, 1.54) is 4.68 Å². The molecule has 0 aliphatic carbocycles. The lowest BCUT2D eigenvalue weighted by molar-refractivity contribution is 0.0995. The molecule has 0 radical (unpaired) electrons. The lowest BCUT2D eigenvalue weighted by Crippen LogP contribution is -2.12.